The Morgan fingerprint density at radius 1 is 1.30 bits per heavy atom. The van der Waals surface area contributed by atoms with Crippen molar-refractivity contribution in [3.8, 4) is 0 Å². The lowest BCUT2D eigenvalue weighted by molar-refractivity contribution is 0.552. The molecular formula is C17H29N3. The van der Waals surface area contributed by atoms with Crippen molar-refractivity contribution in [2.75, 3.05) is 18.5 Å². The van der Waals surface area contributed by atoms with Gasteiger partial charge in [-0.2, -0.15) is 0 Å². The highest BCUT2D eigenvalue weighted by molar-refractivity contribution is 5.43. The zero-order valence-corrected chi connectivity index (χ0v) is 13.4. The highest BCUT2D eigenvalue weighted by atomic mass is 15.2. The molecule has 1 fully saturated rings. The average Bonchev–Trinajstić information content (AvgIpc) is 2.90. The molecular weight excluding hydrogens is 246 g/mol. The number of nitrogens with zero attached hydrogens (tertiary/aromatic N) is 2. The number of nitrogens with one attached hydrogen (secondary N) is 1. The van der Waals surface area contributed by atoms with Gasteiger partial charge in [0.05, 0.1) is 0 Å². The molecule has 1 N–H and O–H groups in total. The lowest BCUT2D eigenvalue weighted by Gasteiger charge is -2.26. The van der Waals surface area contributed by atoms with Gasteiger partial charge in [-0.25, -0.2) is 4.98 Å². The lowest BCUT2D eigenvalue weighted by Crippen LogP contribution is -2.30. The molecule has 0 atom stereocenters. The molecule has 0 aliphatic heterocycles. The van der Waals surface area contributed by atoms with Gasteiger partial charge < -0.3 is 10.2 Å². The monoisotopic (exact) mass is 275 g/mol. The van der Waals surface area contributed by atoms with E-state index in [1.54, 1.807) is 0 Å². The smallest absolute Gasteiger partial charge is 0.129 e. The van der Waals surface area contributed by atoms with Crippen molar-refractivity contribution in [3.05, 3.63) is 23.4 Å². The van der Waals surface area contributed by atoms with Crippen LogP contribution >= 0.6 is 0 Å². The molecule has 20 heavy (non-hydrogen) atoms. The van der Waals surface area contributed by atoms with Crippen LogP contribution in [0, 0.1) is 12.8 Å². The third-order valence-electron chi connectivity index (χ3n) is 4.12. The topological polar surface area (TPSA) is 28.2 Å². The summed E-state index contributed by atoms with van der Waals surface area (Å²) in [5.74, 6) is 1.83. The number of aryl methyl sites for hydroxylation is 1. The fraction of sp³-hybridized carbons (Fsp3) is 0.706. The quantitative estimate of drug-likeness (QED) is 0.861. The van der Waals surface area contributed by atoms with E-state index < -0.39 is 0 Å². The maximum atomic E-state index is 4.72. The first-order valence-corrected chi connectivity index (χ1v) is 7.97. The molecule has 2 rings (SSSR count). The van der Waals surface area contributed by atoms with Crippen LogP contribution in [0.4, 0.5) is 5.82 Å². The maximum Gasteiger partial charge on any atom is 0.129 e. The largest absolute Gasteiger partial charge is 0.357 e. The molecule has 1 heterocycles. The van der Waals surface area contributed by atoms with Crippen LogP contribution in [-0.4, -0.2) is 24.6 Å². The Morgan fingerprint density at radius 3 is 2.65 bits per heavy atom. The highest BCUT2D eigenvalue weighted by Crippen LogP contribution is 2.26. The molecule has 0 unspecified atom stereocenters. The summed E-state index contributed by atoms with van der Waals surface area (Å²) in [5.41, 5.74) is 2.46. The van der Waals surface area contributed by atoms with E-state index >= 15 is 0 Å². The van der Waals surface area contributed by atoms with Gasteiger partial charge in [0.25, 0.3) is 0 Å². The normalized spacial score (nSPS) is 16.1. The Hall–Kier alpha value is -1.09. The summed E-state index contributed by atoms with van der Waals surface area (Å²) in [5, 5.41) is 3.52. The van der Waals surface area contributed by atoms with E-state index in [1.807, 2.05) is 0 Å². The van der Waals surface area contributed by atoms with Crippen LogP contribution in [0.3, 0.4) is 0 Å². The van der Waals surface area contributed by atoms with Crippen molar-refractivity contribution in [2.45, 2.75) is 59.0 Å². The second-order valence-corrected chi connectivity index (χ2v) is 6.55. The third kappa shape index (κ3) is 4.20. The summed E-state index contributed by atoms with van der Waals surface area (Å²) in [4.78, 5) is 7.10. The van der Waals surface area contributed by atoms with Gasteiger partial charge in [-0.15, -0.1) is 0 Å². The molecule has 1 aliphatic rings. The number of pyridine rings is 1. The minimum absolute atomic E-state index is 0.681. The molecule has 0 spiro atoms. The van der Waals surface area contributed by atoms with Gasteiger partial charge in [0, 0.05) is 25.3 Å². The summed E-state index contributed by atoms with van der Waals surface area (Å²) in [6.45, 7) is 8.58. The number of hydrogen-bond acceptors (Lipinski definition) is 3. The minimum Gasteiger partial charge on any atom is -0.357 e. The number of hydrogen-bond donors (Lipinski definition) is 1. The summed E-state index contributed by atoms with van der Waals surface area (Å²) >= 11 is 0. The van der Waals surface area contributed by atoms with Gasteiger partial charge in [-0.05, 0) is 49.9 Å². The third-order valence-corrected chi connectivity index (χ3v) is 4.12. The van der Waals surface area contributed by atoms with Crippen LogP contribution in [0.2, 0.25) is 0 Å². The van der Waals surface area contributed by atoms with Crippen molar-refractivity contribution in [3.63, 3.8) is 0 Å². The standard InChI is InChI=1S/C17H29N3/c1-13(2)11-18-12-15-9-14(3)19-17(10-15)20(4)16-7-5-6-8-16/h9-10,13,16,18H,5-8,11-12H2,1-4H3. The van der Waals surface area contributed by atoms with Crippen LogP contribution in [0.15, 0.2) is 12.1 Å². The van der Waals surface area contributed by atoms with E-state index in [4.69, 9.17) is 4.98 Å². The fourth-order valence-corrected chi connectivity index (χ4v) is 2.99. The van der Waals surface area contributed by atoms with E-state index in [0.29, 0.717) is 12.0 Å². The summed E-state index contributed by atoms with van der Waals surface area (Å²) in [6, 6.07) is 5.12. The first-order valence-electron chi connectivity index (χ1n) is 7.97. The van der Waals surface area contributed by atoms with Gasteiger partial charge in [-0.3, -0.25) is 0 Å². The van der Waals surface area contributed by atoms with Crippen LogP contribution in [0.25, 0.3) is 0 Å². The molecule has 0 saturated heterocycles. The van der Waals surface area contributed by atoms with Gasteiger partial charge in [0.1, 0.15) is 5.82 Å². The van der Waals surface area contributed by atoms with E-state index in [0.717, 1.165) is 24.6 Å². The summed E-state index contributed by atoms with van der Waals surface area (Å²) in [6.07, 6.45) is 5.35. The molecule has 1 aromatic heterocycles. The SMILES string of the molecule is Cc1cc(CNCC(C)C)cc(N(C)C2CCCC2)n1. The number of aromatic nitrogens is 1. The molecule has 3 nitrogen and oxygen atoms in total. The van der Waals surface area contributed by atoms with Gasteiger partial charge in [-0.1, -0.05) is 26.7 Å². The van der Waals surface area contributed by atoms with Crippen molar-refractivity contribution in [1.82, 2.24) is 10.3 Å². The predicted molar refractivity (Wildman–Crippen MR) is 86.2 cm³/mol. The Balaban J connectivity index is 2.03. The summed E-state index contributed by atoms with van der Waals surface area (Å²) < 4.78 is 0. The molecule has 0 amide bonds. The van der Waals surface area contributed by atoms with Crippen molar-refractivity contribution >= 4 is 5.82 Å². The van der Waals surface area contributed by atoms with E-state index in [2.05, 4.69) is 50.2 Å². The van der Waals surface area contributed by atoms with Crippen LogP contribution in [0.1, 0.15) is 50.8 Å². The Bertz CT molecular complexity index is 422. The van der Waals surface area contributed by atoms with Crippen molar-refractivity contribution < 1.29 is 0 Å². The maximum absolute atomic E-state index is 4.72. The predicted octanol–water partition coefficient (Wildman–Crippen LogP) is 3.51. The number of rotatable bonds is 6. The first-order chi connectivity index (χ1) is 9.56. The first kappa shape index (κ1) is 15.3. The molecule has 3 heteroatoms. The number of anilines is 1. The fourth-order valence-electron chi connectivity index (χ4n) is 2.99. The second-order valence-electron chi connectivity index (χ2n) is 6.55. The van der Waals surface area contributed by atoms with Crippen molar-refractivity contribution in [1.29, 1.82) is 0 Å². The van der Waals surface area contributed by atoms with Crippen molar-refractivity contribution in [2.24, 2.45) is 5.92 Å². The molecule has 1 aliphatic carbocycles. The van der Waals surface area contributed by atoms with Crippen LogP contribution in [0.5, 0.6) is 0 Å². The average molecular weight is 275 g/mol. The van der Waals surface area contributed by atoms with E-state index in [9.17, 15) is 0 Å². The zero-order valence-electron chi connectivity index (χ0n) is 13.4. The Labute approximate surface area is 123 Å². The van der Waals surface area contributed by atoms with Gasteiger partial charge in [0.2, 0.25) is 0 Å². The molecule has 112 valence electrons. The Morgan fingerprint density at radius 2 is 2.00 bits per heavy atom. The Kier molecular flexibility index (Phi) is 5.41. The minimum atomic E-state index is 0.681. The molecule has 0 aromatic carbocycles. The van der Waals surface area contributed by atoms with Crippen LogP contribution < -0.4 is 10.2 Å². The second kappa shape index (κ2) is 7.07. The highest BCUT2D eigenvalue weighted by Gasteiger charge is 2.20. The van der Waals surface area contributed by atoms with E-state index in [-0.39, 0.29) is 0 Å². The molecule has 0 bridgehead atoms. The van der Waals surface area contributed by atoms with Gasteiger partial charge in [0.15, 0.2) is 0 Å². The van der Waals surface area contributed by atoms with E-state index in [1.165, 1.54) is 31.2 Å². The van der Waals surface area contributed by atoms with Gasteiger partial charge >= 0.3 is 0 Å². The molecule has 1 saturated carbocycles. The molecule has 0 radical (unpaired) electrons. The summed E-state index contributed by atoms with van der Waals surface area (Å²) in [7, 11) is 2.20. The van der Waals surface area contributed by atoms with Crippen LogP contribution in [-0.2, 0) is 6.54 Å². The lowest BCUT2D eigenvalue weighted by atomic mass is 10.1. The zero-order chi connectivity index (χ0) is 14.5. The molecule has 1 aromatic rings.